The fourth-order valence-electron chi connectivity index (χ4n) is 2.11. The first kappa shape index (κ1) is 16.7. The second-order valence-electron chi connectivity index (χ2n) is 5.12. The molecule has 0 aromatic heterocycles. The van der Waals surface area contributed by atoms with Crippen molar-refractivity contribution in [2.45, 2.75) is 20.0 Å². The minimum Gasteiger partial charge on any atom is -0.496 e. The summed E-state index contributed by atoms with van der Waals surface area (Å²) in [6, 6.07) is 10.2. The standard InChI is InChI=1S/C18H17FO4/c1-11-4-9-16(22-3)15(10-11)18(21)23-12(2)17(20)13-5-7-14(19)8-6-13/h4-10,12H,1-3H3/t12-/m0/s1. The summed E-state index contributed by atoms with van der Waals surface area (Å²) in [7, 11) is 1.45. The van der Waals surface area contributed by atoms with Crippen LogP contribution in [-0.4, -0.2) is 25.0 Å². The first-order valence-corrected chi connectivity index (χ1v) is 7.07. The van der Waals surface area contributed by atoms with Gasteiger partial charge in [-0.15, -0.1) is 0 Å². The number of carbonyl (C=O) groups excluding carboxylic acids is 2. The van der Waals surface area contributed by atoms with Crippen LogP contribution in [0.2, 0.25) is 0 Å². The molecule has 0 radical (unpaired) electrons. The van der Waals surface area contributed by atoms with Gasteiger partial charge in [-0.25, -0.2) is 9.18 Å². The maximum Gasteiger partial charge on any atom is 0.342 e. The summed E-state index contributed by atoms with van der Waals surface area (Å²) >= 11 is 0. The molecule has 2 aromatic carbocycles. The number of carbonyl (C=O) groups is 2. The maximum absolute atomic E-state index is 12.9. The van der Waals surface area contributed by atoms with Gasteiger partial charge in [-0.1, -0.05) is 11.6 Å². The van der Waals surface area contributed by atoms with Gasteiger partial charge in [0.2, 0.25) is 5.78 Å². The predicted octanol–water partition coefficient (Wildman–Crippen LogP) is 3.57. The van der Waals surface area contributed by atoms with E-state index in [1.165, 1.54) is 38.3 Å². The maximum atomic E-state index is 12.9. The molecule has 0 fully saturated rings. The summed E-state index contributed by atoms with van der Waals surface area (Å²) in [4.78, 5) is 24.5. The molecule has 0 aliphatic heterocycles. The van der Waals surface area contributed by atoms with Gasteiger partial charge in [0.05, 0.1) is 7.11 Å². The summed E-state index contributed by atoms with van der Waals surface area (Å²) in [5, 5.41) is 0. The van der Waals surface area contributed by atoms with Gasteiger partial charge in [-0.2, -0.15) is 0 Å². The molecule has 0 saturated carbocycles. The molecule has 1 atom stereocenters. The van der Waals surface area contributed by atoms with Crippen LogP contribution in [0.15, 0.2) is 42.5 Å². The Balaban J connectivity index is 2.15. The van der Waals surface area contributed by atoms with Gasteiger partial charge in [0.15, 0.2) is 6.10 Å². The number of methoxy groups -OCH3 is 1. The SMILES string of the molecule is COc1ccc(C)cc1C(=O)O[C@@H](C)C(=O)c1ccc(F)cc1. The number of rotatable bonds is 5. The molecule has 2 aromatic rings. The van der Waals surface area contributed by atoms with E-state index in [0.717, 1.165) is 5.56 Å². The molecule has 0 amide bonds. The van der Waals surface area contributed by atoms with E-state index in [4.69, 9.17) is 9.47 Å². The topological polar surface area (TPSA) is 52.6 Å². The summed E-state index contributed by atoms with van der Waals surface area (Å²) in [5.74, 6) is -1.10. The van der Waals surface area contributed by atoms with E-state index in [-0.39, 0.29) is 11.1 Å². The van der Waals surface area contributed by atoms with Crippen molar-refractivity contribution >= 4 is 11.8 Å². The molecule has 0 saturated heterocycles. The van der Waals surface area contributed by atoms with Crippen molar-refractivity contribution in [3.8, 4) is 5.75 Å². The Morgan fingerprint density at radius 3 is 2.35 bits per heavy atom. The van der Waals surface area contributed by atoms with Crippen LogP contribution in [-0.2, 0) is 4.74 Å². The smallest absolute Gasteiger partial charge is 0.342 e. The van der Waals surface area contributed by atoms with Crippen molar-refractivity contribution in [1.29, 1.82) is 0 Å². The van der Waals surface area contributed by atoms with Gasteiger partial charge < -0.3 is 9.47 Å². The number of esters is 1. The van der Waals surface area contributed by atoms with Crippen LogP contribution in [0.3, 0.4) is 0 Å². The lowest BCUT2D eigenvalue weighted by molar-refractivity contribution is 0.0315. The molecule has 0 aliphatic carbocycles. The molecule has 0 bridgehead atoms. The zero-order valence-corrected chi connectivity index (χ0v) is 13.1. The second-order valence-corrected chi connectivity index (χ2v) is 5.12. The van der Waals surface area contributed by atoms with Crippen LogP contribution in [0.4, 0.5) is 4.39 Å². The summed E-state index contributed by atoms with van der Waals surface area (Å²) in [5.41, 5.74) is 1.41. The van der Waals surface area contributed by atoms with E-state index in [9.17, 15) is 14.0 Å². The zero-order chi connectivity index (χ0) is 17.0. The Kier molecular flexibility index (Phi) is 5.11. The number of benzene rings is 2. The molecule has 4 nitrogen and oxygen atoms in total. The summed E-state index contributed by atoms with van der Waals surface area (Å²) in [6.45, 7) is 3.31. The van der Waals surface area contributed by atoms with Gasteiger partial charge >= 0.3 is 5.97 Å². The van der Waals surface area contributed by atoms with E-state index >= 15 is 0 Å². The van der Waals surface area contributed by atoms with Gasteiger partial charge in [0.25, 0.3) is 0 Å². The highest BCUT2D eigenvalue weighted by atomic mass is 19.1. The molecule has 0 aliphatic rings. The third kappa shape index (κ3) is 3.94. The molecular weight excluding hydrogens is 299 g/mol. The van der Waals surface area contributed by atoms with Crippen molar-refractivity contribution in [1.82, 2.24) is 0 Å². The number of halogens is 1. The van der Waals surface area contributed by atoms with Gasteiger partial charge in [0, 0.05) is 5.56 Å². The first-order chi connectivity index (χ1) is 10.9. The molecule has 120 valence electrons. The monoisotopic (exact) mass is 316 g/mol. The van der Waals surface area contributed by atoms with Gasteiger partial charge in [-0.3, -0.25) is 4.79 Å². The number of aryl methyl sites for hydroxylation is 1. The van der Waals surface area contributed by atoms with E-state index < -0.39 is 23.7 Å². The van der Waals surface area contributed by atoms with Crippen molar-refractivity contribution < 1.29 is 23.5 Å². The minimum atomic E-state index is -0.988. The van der Waals surface area contributed by atoms with Crippen molar-refractivity contribution in [2.24, 2.45) is 0 Å². The van der Waals surface area contributed by atoms with Gasteiger partial charge in [0.1, 0.15) is 17.1 Å². The van der Waals surface area contributed by atoms with E-state index in [1.807, 2.05) is 13.0 Å². The highest BCUT2D eigenvalue weighted by Gasteiger charge is 2.22. The van der Waals surface area contributed by atoms with Crippen LogP contribution in [0, 0.1) is 12.7 Å². The number of hydrogen-bond donors (Lipinski definition) is 0. The van der Waals surface area contributed by atoms with Crippen molar-refractivity contribution in [2.75, 3.05) is 7.11 Å². The molecule has 0 N–H and O–H groups in total. The van der Waals surface area contributed by atoms with Crippen LogP contribution in [0.1, 0.15) is 33.2 Å². The Labute approximate surface area is 133 Å². The molecule has 0 unspecified atom stereocenters. The van der Waals surface area contributed by atoms with Crippen molar-refractivity contribution in [3.05, 3.63) is 65.0 Å². The third-order valence-electron chi connectivity index (χ3n) is 3.36. The lowest BCUT2D eigenvalue weighted by atomic mass is 10.1. The van der Waals surface area contributed by atoms with E-state index in [0.29, 0.717) is 5.75 Å². The average Bonchev–Trinajstić information content (AvgIpc) is 2.54. The molecule has 5 heteroatoms. The largest absolute Gasteiger partial charge is 0.496 e. The van der Waals surface area contributed by atoms with E-state index in [1.54, 1.807) is 12.1 Å². The van der Waals surface area contributed by atoms with Gasteiger partial charge in [-0.05, 0) is 50.2 Å². The quantitative estimate of drug-likeness (QED) is 0.625. The number of Topliss-reactive ketones (excluding diaryl/α,β-unsaturated/α-hetero) is 1. The van der Waals surface area contributed by atoms with E-state index in [2.05, 4.69) is 0 Å². The Morgan fingerprint density at radius 2 is 1.74 bits per heavy atom. The number of ether oxygens (including phenoxy) is 2. The predicted molar refractivity (Wildman–Crippen MR) is 83.3 cm³/mol. The molecule has 0 spiro atoms. The second kappa shape index (κ2) is 7.05. The lowest BCUT2D eigenvalue weighted by Gasteiger charge is -2.14. The zero-order valence-electron chi connectivity index (χ0n) is 13.1. The summed E-state index contributed by atoms with van der Waals surface area (Å²) < 4.78 is 23.2. The van der Waals surface area contributed by atoms with Crippen LogP contribution < -0.4 is 4.74 Å². The minimum absolute atomic E-state index is 0.256. The number of hydrogen-bond acceptors (Lipinski definition) is 4. The molecule has 0 heterocycles. The van der Waals surface area contributed by atoms with Crippen LogP contribution >= 0.6 is 0 Å². The Bertz CT molecular complexity index is 722. The van der Waals surface area contributed by atoms with Crippen LogP contribution in [0.25, 0.3) is 0 Å². The number of ketones is 1. The third-order valence-corrected chi connectivity index (χ3v) is 3.36. The lowest BCUT2D eigenvalue weighted by Crippen LogP contribution is -2.24. The Hall–Kier alpha value is -2.69. The van der Waals surface area contributed by atoms with Crippen LogP contribution in [0.5, 0.6) is 5.75 Å². The molecular formula is C18H17FO4. The fraction of sp³-hybridized carbons (Fsp3) is 0.222. The normalized spacial score (nSPS) is 11.7. The van der Waals surface area contributed by atoms with Crippen molar-refractivity contribution in [3.63, 3.8) is 0 Å². The molecule has 2 rings (SSSR count). The average molecular weight is 316 g/mol. The highest BCUT2D eigenvalue weighted by molar-refractivity contribution is 6.01. The summed E-state index contributed by atoms with van der Waals surface area (Å²) in [6.07, 6.45) is -0.988. The highest BCUT2D eigenvalue weighted by Crippen LogP contribution is 2.21. The first-order valence-electron chi connectivity index (χ1n) is 7.07. The fourth-order valence-corrected chi connectivity index (χ4v) is 2.11. The Morgan fingerprint density at radius 1 is 1.09 bits per heavy atom. The molecule has 23 heavy (non-hydrogen) atoms.